The van der Waals surface area contributed by atoms with Crippen molar-refractivity contribution >= 4 is 33.5 Å². The Morgan fingerprint density at radius 3 is 2.32 bits per heavy atom. The molecule has 0 spiro atoms. The van der Waals surface area contributed by atoms with Crippen molar-refractivity contribution in [1.29, 1.82) is 0 Å². The molecule has 130 valence electrons. The molecule has 3 rings (SSSR count). The van der Waals surface area contributed by atoms with Gasteiger partial charge in [0.15, 0.2) is 0 Å². The lowest BCUT2D eigenvalue weighted by molar-refractivity contribution is -0.118. The summed E-state index contributed by atoms with van der Waals surface area (Å²) in [4.78, 5) is 24.0. The highest BCUT2D eigenvalue weighted by molar-refractivity contribution is 9.10. The molecule has 0 aromatic heterocycles. The van der Waals surface area contributed by atoms with Gasteiger partial charge in [-0.2, -0.15) is 0 Å². The third-order valence-corrected chi connectivity index (χ3v) is 4.74. The fraction of sp³-hybridized carbons (Fsp3) is 0.222. The Morgan fingerprint density at radius 1 is 1.16 bits per heavy atom. The molecule has 1 saturated carbocycles. The molecule has 4 nitrogen and oxygen atoms in total. The van der Waals surface area contributed by atoms with E-state index in [9.17, 15) is 18.4 Å². The summed E-state index contributed by atoms with van der Waals surface area (Å²) in [5.74, 6) is -3.63. The number of amides is 1. The SMILES string of the molecule is COC(=O)c1c(F)cc(NC(=O)C2(c3cccc(Br)c3)CC2)cc1F. The van der Waals surface area contributed by atoms with E-state index >= 15 is 0 Å². The summed E-state index contributed by atoms with van der Waals surface area (Å²) in [5.41, 5.74) is -0.688. The molecule has 1 aliphatic carbocycles. The van der Waals surface area contributed by atoms with E-state index in [0.29, 0.717) is 12.8 Å². The highest BCUT2D eigenvalue weighted by atomic mass is 79.9. The normalized spacial score (nSPS) is 14.7. The van der Waals surface area contributed by atoms with Crippen molar-refractivity contribution in [3.05, 3.63) is 63.6 Å². The molecule has 2 aromatic carbocycles. The third-order valence-electron chi connectivity index (χ3n) is 4.25. The molecule has 1 N–H and O–H groups in total. The Bertz CT molecular complexity index is 842. The summed E-state index contributed by atoms with van der Waals surface area (Å²) in [6, 6.07) is 9.20. The molecule has 0 aliphatic heterocycles. The van der Waals surface area contributed by atoms with Crippen molar-refractivity contribution in [2.75, 3.05) is 12.4 Å². The van der Waals surface area contributed by atoms with Crippen LogP contribution in [-0.4, -0.2) is 19.0 Å². The number of methoxy groups -OCH3 is 1. The Balaban J connectivity index is 1.86. The largest absolute Gasteiger partial charge is 0.465 e. The summed E-state index contributed by atoms with van der Waals surface area (Å²) < 4.78 is 33.2. The summed E-state index contributed by atoms with van der Waals surface area (Å²) in [7, 11) is 1.03. The minimum atomic E-state index is -1.11. The van der Waals surface area contributed by atoms with Crippen molar-refractivity contribution in [1.82, 2.24) is 0 Å². The van der Waals surface area contributed by atoms with E-state index in [2.05, 4.69) is 26.0 Å². The van der Waals surface area contributed by atoms with Crippen LogP contribution in [0.3, 0.4) is 0 Å². The predicted octanol–water partition coefficient (Wildman–Crippen LogP) is 4.18. The molecule has 1 fully saturated rings. The van der Waals surface area contributed by atoms with E-state index in [1.54, 1.807) is 0 Å². The van der Waals surface area contributed by atoms with Gasteiger partial charge in [0.25, 0.3) is 0 Å². The van der Waals surface area contributed by atoms with Crippen LogP contribution in [0.25, 0.3) is 0 Å². The molecule has 0 bridgehead atoms. The van der Waals surface area contributed by atoms with Gasteiger partial charge in [-0.1, -0.05) is 28.1 Å². The maximum atomic E-state index is 14.0. The molecule has 0 heterocycles. The first kappa shape index (κ1) is 17.5. The molecular formula is C18H14BrF2NO3. The fourth-order valence-corrected chi connectivity index (χ4v) is 3.15. The number of hydrogen-bond donors (Lipinski definition) is 1. The zero-order valence-corrected chi connectivity index (χ0v) is 14.8. The highest BCUT2D eigenvalue weighted by Crippen LogP contribution is 2.49. The first-order chi connectivity index (χ1) is 11.9. The number of carbonyl (C=O) groups is 2. The molecule has 1 aliphatic rings. The van der Waals surface area contributed by atoms with Gasteiger partial charge in [0, 0.05) is 10.2 Å². The summed E-state index contributed by atoms with van der Waals surface area (Å²) in [6.07, 6.45) is 1.31. The molecule has 0 radical (unpaired) electrons. The molecular weight excluding hydrogens is 396 g/mol. The van der Waals surface area contributed by atoms with Crippen LogP contribution >= 0.6 is 15.9 Å². The predicted molar refractivity (Wildman–Crippen MR) is 91.4 cm³/mol. The number of carbonyl (C=O) groups excluding carboxylic acids is 2. The van der Waals surface area contributed by atoms with Crippen LogP contribution in [-0.2, 0) is 14.9 Å². The molecule has 0 unspecified atom stereocenters. The second kappa shape index (κ2) is 6.55. The lowest BCUT2D eigenvalue weighted by atomic mass is 9.95. The monoisotopic (exact) mass is 409 g/mol. The second-order valence-corrected chi connectivity index (χ2v) is 6.77. The van der Waals surface area contributed by atoms with Crippen molar-refractivity contribution in [2.24, 2.45) is 0 Å². The maximum Gasteiger partial charge on any atom is 0.343 e. The maximum absolute atomic E-state index is 14.0. The third kappa shape index (κ3) is 3.28. The van der Waals surface area contributed by atoms with Gasteiger partial charge in [-0.05, 0) is 42.7 Å². The van der Waals surface area contributed by atoms with Crippen LogP contribution in [0.5, 0.6) is 0 Å². The number of nitrogens with one attached hydrogen (secondary N) is 1. The summed E-state index contributed by atoms with van der Waals surface area (Å²) >= 11 is 3.37. The van der Waals surface area contributed by atoms with Crippen molar-refractivity contribution < 1.29 is 23.1 Å². The van der Waals surface area contributed by atoms with Crippen molar-refractivity contribution in [3.8, 4) is 0 Å². The Morgan fingerprint density at radius 2 is 1.80 bits per heavy atom. The van der Waals surface area contributed by atoms with Crippen LogP contribution in [0.1, 0.15) is 28.8 Å². The molecule has 25 heavy (non-hydrogen) atoms. The van der Waals surface area contributed by atoms with Gasteiger partial charge in [0.2, 0.25) is 5.91 Å². The minimum absolute atomic E-state index is 0.0473. The zero-order valence-electron chi connectivity index (χ0n) is 13.2. The summed E-state index contributed by atoms with van der Waals surface area (Å²) in [6.45, 7) is 0. The number of esters is 1. The highest BCUT2D eigenvalue weighted by Gasteiger charge is 2.51. The van der Waals surface area contributed by atoms with Gasteiger partial charge in [0.1, 0.15) is 17.2 Å². The van der Waals surface area contributed by atoms with Gasteiger partial charge in [-0.25, -0.2) is 13.6 Å². The van der Waals surface area contributed by atoms with Crippen LogP contribution in [0.2, 0.25) is 0 Å². The quantitative estimate of drug-likeness (QED) is 0.770. The Labute approximate surface area is 151 Å². The van der Waals surface area contributed by atoms with Crippen LogP contribution in [0, 0.1) is 11.6 Å². The lowest BCUT2D eigenvalue weighted by Gasteiger charge is -2.16. The van der Waals surface area contributed by atoms with Crippen LogP contribution in [0.4, 0.5) is 14.5 Å². The number of hydrogen-bond acceptors (Lipinski definition) is 3. The lowest BCUT2D eigenvalue weighted by Crippen LogP contribution is -2.28. The van der Waals surface area contributed by atoms with Gasteiger partial charge < -0.3 is 10.1 Å². The van der Waals surface area contributed by atoms with E-state index in [0.717, 1.165) is 29.3 Å². The number of halogens is 3. The molecule has 2 aromatic rings. The van der Waals surface area contributed by atoms with Crippen LogP contribution < -0.4 is 5.32 Å². The number of rotatable bonds is 4. The van der Waals surface area contributed by atoms with E-state index in [1.807, 2.05) is 24.3 Å². The van der Waals surface area contributed by atoms with Crippen LogP contribution in [0.15, 0.2) is 40.9 Å². The smallest absolute Gasteiger partial charge is 0.343 e. The van der Waals surface area contributed by atoms with E-state index < -0.39 is 28.6 Å². The standard InChI is InChI=1S/C18H14BrF2NO3/c1-25-16(23)15-13(20)8-12(9-14(15)21)22-17(24)18(5-6-18)10-3-2-4-11(19)7-10/h2-4,7-9H,5-6H2,1H3,(H,22,24). The fourth-order valence-electron chi connectivity index (χ4n) is 2.75. The average molecular weight is 410 g/mol. The van der Waals surface area contributed by atoms with Gasteiger partial charge in [0.05, 0.1) is 12.5 Å². The van der Waals surface area contributed by atoms with E-state index in [-0.39, 0.29) is 11.6 Å². The first-order valence-corrected chi connectivity index (χ1v) is 8.31. The first-order valence-electron chi connectivity index (χ1n) is 7.52. The van der Waals surface area contributed by atoms with E-state index in [1.165, 1.54) is 0 Å². The molecule has 0 saturated heterocycles. The topological polar surface area (TPSA) is 55.4 Å². The number of ether oxygens (including phenoxy) is 1. The van der Waals surface area contributed by atoms with E-state index in [4.69, 9.17) is 0 Å². The number of benzene rings is 2. The van der Waals surface area contributed by atoms with Gasteiger partial charge in [-0.3, -0.25) is 4.79 Å². The zero-order chi connectivity index (χ0) is 18.2. The Kier molecular flexibility index (Phi) is 4.60. The molecule has 0 atom stereocenters. The molecule has 7 heteroatoms. The van der Waals surface area contributed by atoms with Gasteiger partial charge >= 0.3 is 5.97 Å². The average Bonchev–Trinajstić information content (AvgIpc) is 3.36. The summed E-state index contributed by atoms with van der Waals surface area (Å²) in [5, 5.41) is 2.54. The van der Waals surface area contributed by atoms with Crippen molar-refractivity contribution in [3.63, 3.8) is 0 Å². The number of anilines is 1. The Hall–Kier alpha value is -2.28. The van der Waals surface area contributed by atoms with Crippen molar-refractivity contribution in [2.45, 2.75) is 18.3 Å². The van der Waals surface area contributed by atoms with Gasteiger partial charge in [-0.15, -0.1) is 0 Å². The molecule has 1 amide bonds. The minimum Gasteiger partial charge on any atom is -0.465 e. The second-order valence-electron chi connectivity index (χ2n) is 5.85.